The molecule has 0 aliphatic carbocycles. The predicted molar refractivity (Wildman–Crippen MR) is 59.5 cm³/mol. The molecule has 0 radical (unpaired) electrons. The third-order valence-electron chi connectivity index (χ3n) is 1.92. The zero-order valence-corrected chi connectivity index (χ0v) is 8.84. The molecule has 0 unspecified atom stereocenters. The molecule has 0 aromatic heterocycles. The minimum atomic E-state index is -0.341. The average molecular weight is 220 g/mol. The molecule has 0 aliphatic heterocycles. The molecule has 0 fully saturated rings. The molecule has 84 valence electrons. The van der Waals surface area contributed by atoms with Gasteiger partial charge in [0.25, 0.3) is 5.91 Å². The lowest BCUT2D eigenvalue weighted by Gasteiger charge is -2.05. The minimum Gasteiger partial charge on any atom is -0.507 e. The van der Waals surface area contributed by atoms with Crippen LogP contribution >= 0.6 is 0 Å². The van der Waals surface area contributed by atoms with Crippen LogP contribution in [-0.4, -0.2) is 17.6 Å². The second-order valence-electron chi connectivity index (χ2n) is 3.15. The van der Waals surface area contributed by atoms with Gasteiger partial charge in [-0.15, -0.1) is 0 Å². The maximum Gasteiger partial charge on any atom is 0.255 e. The largest absolute Gasteiger partial charge is 0.507 e. The fraction of sp³-hybridized carbons (Fsp3) is 0.300. The summed E-state index contributed by atoms with van der Waals surface area (Å²) in [5, 5.41) is 15.5. The second-order valence-corrected chi connectivity index (χ2v) is 3.15. The molecule has 2 N–H and O–H groups in total. The van der Waals surface area contributed by atoms with Crippen molar-refractivity contribution in [1.82, 2.24) is 5.32 Å². The molecular formula is C10H12N4O2. The lowest BCUT2D eigenvalue weighted by Crippen LogP contribution is -2.23. The third-order valence-corrected chi connectivity index (χ3v) is 1.92. The highest BCUT2D eigenvalue weighted by Gasteiger charge is 2.10. The Morgan fingerprint density at radius 3 is 2.94 bits per heavy atom. The molecule has 6 nitrogen and oxygen atoms in total. The topological polar surface area (TPSA) is 98.1 Å². The molecule has 6 heteroatoms. The van der Waals surface area contributed by atoms with Crippen LogP contribution in [0.1, 0.15) is 23.7 Å². The van der Waals surface area contributed by atoms with Crippen molar-refractivity contribution in [3.05, 3.63) is 34.2 Å². The van der Waals surface area contributed by atoms with Crippen LogP contribution in [0.25, 0.3) is 10.4 Å². The fourth-order valence-electron chi connectivity index (χ4n) is 1.16. The normalized spacial score (nSPS) is 9.31. The quantitative estimate of drug-likeness (QED) is 0.463. The zero-order valence-electron chi connectivity index (χ0n) is 8.84. The second kappa shape index (κ2) is 5.63. The van der Waals surface area contributed by atoms with Gasteiger partial charge in [-0.2, -0.15) is 0 Å². The number of phenolic OH excluding ortho intramolecular Hbond substituents is 1. The van der Waals surface area contributed by atoms with E-state index in [1.807, 2.05) is 6.92 Å². The van der Waals surface area contributed by atoms with Crippen molar-refractivity contribution in [2.75, 3.05) is 6.54 Å². The Labute approximate surface area is 92.5 Å². The molecular weight excluding hydrogens is 208 g/mol. The molecule has 0 heterocycles. The highest BCUT2D eigenvalue weighted by Crippen LogP contribution is 2.23. The Bertz CT molecular complexity index is 438. The number of benzene rings is 1. The molecule has 1 rings (SSSR count). The molecule has 0 saturated heterocycles. The van der Waals surface area contributed by atoms with Gasteiger partial charge in [0, 0.05) is 17.1 Å². The van der Waals surface area contributed by atoms with Gasteiger partial charge in [-0.05, 0) is 24.1 Å². The van der Waals surface area contributed by atoms with Gasteiger partial charge < -0.3 is 10.4 Å². The number of rotatable bonds is 4. The van der Waals surface area contributed by atoms with Crippen molar-refractivity contribution in [3.63, 3.8) is 0 Å². The highest BCUT2D eigenvalue weighted by molar-refractivity contribution is 5.97. The Morgan fingerprint density at radius 2 is 2.38 bits per heavy atom. The number of carbonyl (C=O) groups excluding carboxylic acids is 1. The van der Waals surface area contributed by atoms with E-state index in [1.54, 1.807) is 0 Å². The van der Waals surface area contributed by atoms with Crippen LogP contribution in [0.15, 0.2) is 23.3 Å². The van der Waals surface area contributed by atoms with Crippen LogP contribution in [0, 0.1) is 0 Å². The number of nitrogens with one attached hydrogen (secondary N) is 1. The first-order valence-electron chi connectivity index (χ1n) is 4.85. The van der Waals surface area contributed by atoms with Crippen molar-refractivity contribution < 1.29 is 9.90 Å². The number of aromatic hydroxyl groups is 1. The Balaban J connectivity index is 2.90. The summed E-state index contributed by atoms with van der Waals surface area (Å²) < 4.78 is 0. The number of phenols is 1. The van der Waals surface area contributed by atoms with E-state index < -0.39 is 0 Å². The highest BCUT2D eigenvalue weighted by atomic mass is 16.3. The van der Waals surface area contributed by atoms with E-state index in [9.17, 15) is 9.90 Å². The standard InChI is InChI=1S/C10H12N4O2/c1-2-5-12-10(16)8-4-3-7(13-14-11)6-9(8)15/h3-4,6,15H,2,5H2,1H3,(H,12,16). The summed E-state index contributed by atoms with van der Waals surface area (Å²) >= 11 is 0. The van der Waals surface area contributed by atoms with Crippen molar-refractivity contribution in [2.45, 2.75) is 13.3 Å². The summed E-state index contributed by atoms with van der Waals surface area (Å²) in [4.78, 5) is 14.1. The molecule has 0 spiro atoms. The Morgan fingerprint density at radius 1 is 1.62 bits per heavy atom. The van der Waals surface area contributed by atoms with E-state index in [1.165, 1.54) is 18.2 Å². The van der Waals surface area contributed by atoms with Gasteiger partial charge in [0.1, 0.15) is 5.75 Å². The summed E-state index contributed by atoms with van der Waals surface area (Å²) in [5.41, 5.74) is 8.64. The number of amides is 1. The number of carbonyl (C=O) groups is 1. The van der Waals surface area contributed by atoms with Gasteiger partial charge in [-0.3, -0.25) is 4.79 Å². The van der Waals surface area contributed by atoms with Crippen LogP contribution < -0.4 is 5.32 Å². The van der Waals surface area contributed by atoms with Gasteiger partial charge in [-0.25, -0.2) is 0 Å². The van der Waals surface area contributed by atoms with Crippen LogP contribution in [-0.2, 0) is 0 Å². The maximum atomic E-state index is 11.5. The lowest BCUT2D eigenvalue weighted by atomic mass is 10.1. The molecule has 0 aliphatic rings. The predicted octanol–water partition coefficient (Wildman–Crippen LogP) is 2.47. The number of azide groups is 1. The SMILES string of the molecule is CCCNC(=O)c1ccc(N=[N+]=[N-])cc1O. The van der Waals surface area contributed by atoms with Crippen LogP contribution in [0.4, 0.5) is 5.69 Å². The van der Waals surface area contributed by atoms with Gasteiger partial charge >= 0.3 is 0 Å². The van der Waals surface area contributed by atoms with Crippen molar-refractivity contribution >= 4 is 11.6 Å². The first kappa shape index (κ1) is 11.9. The molecule has 16 heavy (non-hydrogen) atoms. The number of nitrogens with zero attached hydrogens (tertiary/aromatic N) is 3. The Hall–Kier alpha value is -2.20. The van der Waals surface area contributed by atoms with Crippen molar-refractivity contribution in [3.8, 4) is 5.75 Å². The fourth-order valence-corrected chi connectivity index (χ4v) is 1.16. The summed E-state index contributed by atoms with van der Waals surface area (Å²) in [6, 6.07) is 4.14. The monoisotopic (exact) mass is 220 g/mol. The zero-order chi connectivity index (χ0) is 12.0. The smallest absolute Gasteiger partial charge is 0.255 e. The molecule has 0 bridgehead atoms. The average Bonchev–Trinajstić information content (AvgIpc) is 2.26. The van der Waals surface area contributed by atoms with Crippen LogP contribution in [0.5, 0.6) is 5.75 Å². The number of hydrogen-bond donors (Lipinski definition) is 2. The number of hydrogen-bond acceptors (Lipinski definition) is 3. The van der Waals surface area contributed by atoms with E-state index in [0.717, 1.165) is 6.42 Å². The summed E-state index contributed by atoms with van der Waals surface area (Å²) in [5.74, 6) is -0.537. The molecule has 1 amide bonds. The van der Waals surface area contributed by atoms with E-state index in [0.29, 0.717) is 6.54 Å². The Kier molecular flexibility index (Phi) is 4.17. The lowest BCUT2D eigenvalue weighted by molar-refractivity contribution is 0.0951. The van der Waals surface area contributed by atoms with Gasteiger partial charge in [-0.1, -0.05) is 18.1 Å². The molecule has 1 aromatic rings. The third kappa shape index (κ3) is 2.90. The van der Waals surface area contributed by atoms with Gasteiger partial charge in [0.15, 0.2) is 0 Å². The summed E-state index contributed by atoms with van der Waals surface area (Å²) in [6.07, 6.45) is 0.823. The van der Waals surface area contributed by atoms with E-state index >= 15 is 0 Å². The van der Waals surface area contributed by atoms with Crippen LogP contribution in [0.3, 0.4) is 0 Å². The maximum absolute atomic E-state index is 11.5. The van der Waals surface area contributed by atoms with Crippen LogP contribution in [0.2, 0.25) is 0 Å². The van der Waals surface area contributed by atoms with Crippen molar-refractivity contribution in [2.24, 2.45) is 5.11 Å². The molecule has 1 aromatic carbocycles. The van der Waals surface area contributed by atoms with E-state index in [2.05, 4.69) is 15.3 Å². The molecule has 0 atom stereocenters. The van der Waals surface area contributed by atoms with E-state index in [4.69, 9.17) is 5.53 Å². The van der Waals surface area contributed by atoms with Gasteiger partial charge in [0.05, 0.1) is 5.56 Å². The van der Waals surface area contributed by atoms with Crippen molar-refractivity contribution in [1.29, 1.82) is 0 Å². The summed E-state index contributed by atoms with van der Waals surface area (Å²) in [6.45, 7) is 2.49. The summed E-state index contributed by atoms with van der Waals surface area (Å²) in [7, 11) is 0. The van der Waals surface area contributed by atoms with Gasteiger partial charge in [0.2, 0.25) is 0 Å². The first-order chi connectivity index (χ1) is 7.69. The minimum absolute atomic E-state index is 0.172. The molecule has 0 saturated carbocycles. The first-order valence-corrected chi connectivity index (χ1v) is 4.85. The van der Waals surface area contributed by atoms with E-state index in [-0.39, 0.29) is 22.9 Å².